The number of amides is 1. The zero-order valence-electron chi connectivity index (χ0n) is 12.0. The van der Waals surface area contributed by atoms with E-state index in [2.05, 4.69) is 20.8 Å². The minimum absolute atomic E-state index is 0.0359. The van der Waals surface area contributed by atoms with Gasteiger partial charge in [-0.05, 0) is 35.4 Å². The molecule has 8 heteroatoms. The molecular formula is C14H17N5O3. The van der Waals surface area contributed by atoms with Crippen molar-refractivity contribution >= 4 is 5.91 Å². The molecule has 2 aromatic rings. The van der Waals surface area contributed by atoms with Crippen molar-refractivity contribution in [3.63, 3.8) is 0 Å². The second-order valence-electron chi connectivity index (χ2n) is 4.98. The Morgan fingerprint density at radius 2 is 2.45 bits per heavy atom. The van der Waals surface area contributed by atoms with Crippen LogP contribution in [0.5, 0.6) is 5.75 Å². The predicted molar refractivity (Wildman–Crippen MR) is 76.6 cm³/mol. The van der Waals surface area contributed by atoms with E-state index in [1.54, 1.807) is 12.1 Å². The summed E-state index contributed by atoms with van der Waals surface area (Å²) < 4.78 is 12.5. The van der Waals surface area contributed by atoms with E-state index in [-0.39, 0.29) is 18.6 Å². The SMILES string of the molecule is O=C(COc1cccc(-n2cnnn2)c1)NC[C@@H]1CCCO1. The van der Waals surface area contributed by atoms with Crippen LogP contribution in [0.3, 0.4) is 0 Å². The zero-order valence-corrected chi connectivity index (χ0v) is 12.0. The number of ether oxygens (including phenoxy) is 2. The third-order valence-electron chi connectivity index (χ3n) is 3.35. The Bertz CT molecular complexity index is 611. The highest BCUT2D eigenvalue weighted by atomic mass is 16.5. The first kappa shape index (κ1) is 14.5. The van der Waals surface area contributed by atoms with E-state index in [4.69, 9.17) is 9.47 Å². The number of nitrogens with zero attached hydrogens (tertiary/aromatic N) is 4. The van der Waals surface area contributed by atoms with E-state index in [1.165, 1.54) is 11.0 Å². The molecule has 1 atom stereocenters. The minimum atomic E-state index is -0.164. The molecule has 1 aromatic heterocycles. The summed E-state index contributed by atoms with van der Waals surface area (Å²) in [5.41, 5.74) is 0.766. The third-order valence-corrected chi connectivity index (χ3v) is 3.35. The number of hydrogen-bond donors (Lipinski definition) is 1. The zero-order chi connectivity index (χ0) is 15.2. The van der Waals surface area contributed by atoms with E-state index in [9.17, 15) is 4.79 Å². The highest BCUT2D eigenvalue weighted by Crippen LogP contribution is 2.15. The van der Waals surface area contributed by atoms with Crippen molar-refractivity contribution in [3.8, 4) is 11.4 Å². The van der Waals surface area contributed by atoms with Gasteiger partial charge in [0.1, 0.15) is 12.1 Å². The lowest BCUT2D eigenvalue weighted by molar-refractivity contribution is -0.123. The summed E-state index contributed by atoms with van der Waals surface area (Å²) in [5, 5.41) is 13.8. The number of rotatable bonds is 6. The number of hydrogen-bond acceptors (Lipinski definition) is 6. The average molecular weight is 303 g/mol. The fourth-order valence-electron chi connectivity index (χ4n) is 2.23. The van der Waals surface area contributed by atoms with Crippen molar-refractivity contribution in [2.75, 3.05) is 19.8 Å². The molecular weight excluding hydrogens is 286 g/mol. The molecule has 1 amide bonds. The topological polar surface area (TPSA) is 91.2 Å². The molecule has 0 saturated carbocycles. The molecule has 0 aliphatic carbocycles. The van der Waals surface area contributed by atoms with Gasteiger partial charge in [0.2, 0.25) is 0 Å². The van der Waals surface area contributed by atoms with Gasteiger partial charge in [-0.25, -0.2) is 4.68 Å². The number of aromatic nitrogens is 4. The lowest BCUT2D eigenvalue weighted by atomic mass is 10.2. The molecule has 0 unspecified atom stereocenters. The molecule has 1 N–H and O–H groups in total. The highest BCUT2D eigenvalue weighted by Gasteiger charge is 2.16. The van der Waals surface area contributed by atoms with Gasteiger partial charge in [0.15, 0.2) is 6.61 Å². The van der Waals surface area contributed by atoms with Gasteiger partial charge < -0.3 is 14.8 Å². The van der Waals surface area contributed by atoms with Crippen molar-refractivity contribution in [3.05, 3.63) is 30.6 Å². The highest BCUT2D eigenvalue weighted by molar-refractivity contribution is 5.77. The molecule has 0 radical (unpaired) electrons. The van der Waals surface area contributed by atoms with Gasteiger partial charge in [0.25, 0.3) is 5.91 Å². The first-order valence-corrected chi connectivity index (χ1v) is 7.16. The predicted octanol–water partition coefficient (Wildman–Crippen LogP) is 0.336. The maximum Gasteiger partial charge on any atom is 0.258 e. The molecule has 1 aliphatic rings. The van der Waals surface area contributed by atoms with Crippen LogP contribution in [0, 0.1) is 0 Å². The Morgan fingerprint density at radius 1 is 1.50 bits per heavy atom. The van der Waals surface area contributed by atoms with Crippen LogP contribution in [-0.4, -0.2) is 52.0 Å². The van der Waals surface area contributed by atoms with Crippen LogP contribution in [0.4, 0.5) is 0 Å². The van der Waals surface area contributed by atoms with Crippen LogP contribution >= 0.6 is 0 Å². The number of carbonyl (C=O) groups excluding carboxylic acids is 1. The maximum atomic E-state index is 11.8. The summed E-state index contributed by atoms with van der Waals surface area (Å²) >= 11 is 0. The summed E-state index contributed by atoms with van der Waals surface area (Å²) in [6.45, 7) is 1.28. The Kier molecular flexibility index (Phi) is 4.59. The first-order valence-electron chi connectivity index (χ1n) is 7.16. The Morgan fingerprint density at radius 3 is 3.23 bits per heavy atom. The van der Waals surface area contributed by atoms with Crippen molar-refractivity contribution in [2.45, 2.75) is 18.9 Å². The van der Waals surface area contributed by atoms with E-state index in [0.717, 1.165) is 25.1 Å². The normalized spacial score (nSPS) is 17.4. The van der Waals surface area contributed by atoms with Crippen LogP contribution in [-0.2, 0) is 9.53 Å². The molecule has 2 heterocycles. The lowest BCUT2D eigenvalue weighted by Crippen LogP contribution is -2.35. The van der Waals surface area contributed by atoms with Gasteiger partial charge in [0, 0.05) is 19.2 Å². The maximum absolute atomic E-state index is 11.8. The van der Waals surface area contributed by atoms with Crippen molar-refractivity contribution in [1.29, 1.82) is 0 Å². The number of tetrazole rings is 1. The first-order chi connectivity index (χ1) is 10.8. The minimum Gasteiger partial charge on any atom is -0.484 e. The van der Waals surface area contributed by atoms with Gasteiger partial charge in [-0.3, -0.25) is 4.79 Å². The standard InChI is InChI=1S/C14H17N5O3/c20-14(15-8-13-5-2-6-21-13)9-22-12-4-1-3-11(7-12)19-10-16-17-18-19/h1,3-4,7,10,13H,2,5-6,8-9H2,(H,15,20)/t13-/m0/s1. The summed E-state index contributed by atoms with van der Waals surface area (Å²) in [6, 6.07) is 7.21. The van der Waals surface area contributed by atoms with Crippen LogP contribution in [0.2, 0.25) is 0 Å². The lowest BCUT2D eigenvalue weighted by Gasteiger charge is -2.11. The van der Waals surface area contributed by atoms with Gasteiger partial charge in [-0.2, -0.15) is 0 Å². The Balaban J connectivity index is 1.48. The van der Waals surface area contributed by atoms with E-state index < -0.39 is 0 Å². The molecule has 3 rings (SSSR count). The monoisotopic (exact) mass is 303 g/mol. The smallest absolute Gasteiger partial charge is 0.258 e. The van der Waals surface area contributed by atoms with Crippen LogP contribution in [0.15, 0.2) is 30.6 Å². The second-order valence-corrected chi connectivity index (χ2v) is 4.98. The van der Waals surface area contributed by atoms with E-state index in [0.29, 0.717) is 12.3 Å². The second kappa shape index (κ2) is 6.99. The molecule has 8 nitrogen and oxygen atoms in total. The average Bonchev–Trinajstić information content (AvgIpc) is 3.24. The van der Waals surface area contributed by atoms with Gasteiger partial charge in [-0.15, -0.1) is 5.10 Å². The molecule has 1 aliphatic heterocycles. The van der Waals surface area contributed by atoms with Gasteiger partial charge >= 0.3 is 0 Å². The van der Waals surface area contributed by atoms with Crippen molar-refractivity contribution in [1.82, 2.24) is 25.5 Å². The molecule has 1 aromatic carbocycles. The van der Waals surface area contributed by atoms with Gasteiger partial charge in [0.05, 0.1) is 11.8 Å². The largest absolute Gasteiger partial charge is 0.484 e. The molecule has 22 heavy (non-hydrogen) atoms. The van der Waals surface area contributed by atoms with E-state index >= 15 is 0 Å². The fourth-order valence-corrected chi connectivity index (χ4v) is 2.23. The fraction of sp³-hybridized carbons (Fsp3) is 0.429. The third kappa shape index (κ3) is 3.79. The van der Waals surface area contributed by atoms with Gasteiger partial charge in [-0.1, -0.05) is 6.07 Å². The number of carbonyl (C=O) groups is 1. The number of nitrogens with one attached hydrogen (secondary N) is 1. The Labute approximate surface area is 127 Å². The molecule has 0 spiro atoms. The van der Waals surface area contributed by atoms with Crippen LogP contribution in [0.1, 0.15) is 12.8 Å². The number of benzene rings is 1. The molecule has 1 fully saturated rings. The molecule has 1 saturated heterocycles. The molecule has 0 bridgehead atoms. The van der Waals surface area contributed by atoms with Crippen LogP contribution < -0.4 is 10.1 Å². The van der Waals surface area contributed by atoms with Crippen molar-refractivity contribution < 1.29 is 14.3 Å². The van der Waals surface area contributed by atoms with Crippen molar-refractivity contribution in [2.24, 2.45) is 0 Å². The quantitative estimate of drug-likeness (QED) is 0.827. The summed E-state index contributed by atoms with van der Waals surface area (Å²) in [7, 11) is 0. The molecule has 116 valence electrons. The summed E-state index contributed by atoms with van der Waals surface area (Å²) in [4.78, 5) is 11.8. The Hall–Kier alpha value is -2.48. The summed E-state index contributed by atoms with van der Waals surface area (Å²) in [5.74, 6) is 0.420. The van der Waals surface area contributed by atoms with E-state index in [1.807, 2.05) is 12.1 Å². The summed E-state index contributed by atoms with van der Waals surface area (Å²) in [6.07, 6.45) is 3.68. The van der Waals surface area contributed by atoms with Crippen LogP contribution in [0.25, 0.3) is 5.69 Å².